The molecule has 0 unspecified atom stereocenters. The zero-order valence-corrected chi connectivity index (χ0v) is 30.0. The summed E-state index contributed by atoms with van der Waals surface area (Å²) in [5.41, 5.74) is 1.34. The van der Waals surface area contributed by atoms with Gasteiger partial charge in [-0.15, -0.1) is 0 Å². The van der Waals surface area contributed by atoms with E-state index in [2.05, 4.69) is 15.7 Å². The standard InChI is InChI=1S/C36H47ClFN3O7S/c1-24-6-11-33(38)36(21-42,23-47-16-15-46-3)41-14-12-29(41)19-40-20-35(13-4-5-26-17-28(37)8-9-30(26)35)22-48-32-10-7-27(18-31(32)40)34(43)39-49(44,45)25(24)2/h7-11,17-18,24-25,29,42H,4-6,12-16,19-23H2,1-3H3,(H,39,43)/b33-11-/t24-,25+,29-,35-,36-/m0/s1. The van der Waals surface area contributed by atoms with E-state index in [1.807, 2.05) is 17.0 Å². The smallest absolute Gasteiger partial charge is 0.264 e. The van der Waals surface area contributed by atoms with E-state index in [1.165, 1.54) is 24.1 Å². The van der Waals surface area contributed by atoms with Crippen LogP contribution in [0, 0.1) is 5.92 Å². The second-order valence-corrected chi connectivity index (χ2v) is 16.6. The minimum absolute atomic E-state index is 0.0781. The normalized spacial score (nSPS) is 31.3. The van der Waals surface area contributed by atoms with Gasteiger partial charge in [0.15, 0.2) is 0 Å². The summed E-state index contributed by atoms with van der Waals surface area (Å²) in [7, 11) is -2.56. The molecule has 10 nitrogen and oxygen atoms in total. The Morgan fingerprint density at radius 1 is 1.18 bits per heavy atom. The van der Waals surface area contributed by atoms with Crippen LogP contribution in [0.2, 0.25) is 5.02 Å². The minimum Gasteiger partial charge on any atom is -0.490 e. The van der Waals surface area contributed by atoms with Crippen molar-refractivity contribution in [3.63, 3.8) is 0 Å². The monoisotopic (exact) mass is 719 g/mol. The Morgan fingerprint density at radius 3 is 2.73 bits per heavy atom. The predicted molar refractivity (Wildman–Crippen MR) is 187 cm³/mol. The molecule has 2 aromatic rings. The number of nitrogens with zero attached hydrogens (tertiary/aromatic N) is 2. The van der Waals surface area contributed by atoms with E-state index in [1.54, 1.807) is 32.2 Å². The molecule has 3 heterocycles. The number of nitrogens with one attached hydrogen (secondary N) is 1. The molecule has 2 bridgehead atoms. The van der Waals surface area contributed by atoms with Crippen molar-refractivity contribution in [1.29, 1.82) is 0 Å². The zero-order valence-electron chi connectivity index (χ0n) is 28.4. The van der Waals surface area contributed by atoms with Crippen LogP contribution in [0.3, 0.4) is 0 Å². The van der Waals surface area contributed by atoms with Gasteiger partial charge in [0.25, 0.3) is 5.91 Å². The third-order valence-electron chi connectivity index (χ3n) is 11.1. The Labute approximate surface area is 293 Å². The summed E-state index contributed by atoms with van der Waals surface area (Å²) in [6.45, 7) is 5.05. The van der Waals surface area contributed by atoms with Gasteiger partial charge in [-0.1, -0.05) is 30.7 Å². The van der Waals surface area contributed by atoms with E-state index in [0.717, 1.165) is 25.7 Å². The van der Waals surface area contributed by atoms with Gasteiger partial charge in [0.2, 0.25) is 10.0 Å². The molecular formula is C36H47ClFN3O7S. The average molecular weight is 720 g/mol. The average Bonchev–Trinajstić information content (AvgIpc) is 3.22. The maximum atomic E-state index is 16.6. The molecule has 268 valence electrons. The Balaban J connectivity index is 1.46. The van der Waals surface area contributed by atoms with Crippen LogP contribution >= 0.6 is 11.6 Å². The summed E-state index contributed by atoms with van der Waals surface area (Å²) >= 11 is 6.42. The number of hydrogen-bond acceptors (Lipinski definition) is 9. The number of benzene rings is 2. The highest BCUT2D eigenvalue weighted by molar-refractivity contribution is 7.90. The highest BCUT2D eigenvalue weighted by atomic mass is 35.5. The summed E-state index contributed by atoms with van der Waals surface area (Å²) in [4.78, 5) is 17.7. The van der Waals surface area contributed by atoms with Crippen LogP contribution in [0.1, 0.15) is 61.0 Å². The summed E-state index contributed by atoms with van der Waals surface area (Å²) in [5.74, 6) is -1.26. The van der Waals surface area contributed by atoms with Crippen molar-refractivity contribution in [3.05, 3.63) is 70.0 Å². The molecule has 3 aliphatic heterocycles. The van der Waals surface area contributed by atoms with Crippen molar-refractivity contribution in [2.75, 3.05) is 64.7 Å². The van der Waals surface area contributed by atoms with Gasteiger partial charge in [0.05, 0.1) is 44.0 Å². The minimum atomic E-state index is -4.12. The molecule has 0 aromatic heterocycles. The van der Waals surface area contributed by atoms with Crippen LogP contribution in [0.5, 0.6) is 5.75 Å². The number of rotatable bonds is 6. The van der Waals surface area contributed by atoms with Crippen molar-refractivity contribution < 1.29 is 36.9 Å². The third-order valence-corrected chi connectivity index (χ3v) is 13.2. The third kappa shape index (κ3) is 6.97. The van der Waals surface area contributed by atoms with Gasteiger partial charge in [-0.05, 0) is 86.4 Å². The van der Waals surface area contributed by atoms with Gasteiger partial charge in [-0.2, -0.15) is 0 Å². The molecule has 49 heavy (non-hydrogen) atoms. The number of carbonyl (C=O) groups excluding carboxylic acids is 1. The van der Waals surface area contributed by atoms with Gasteiger partial charge in [-0.25, -0.2) is 17.5 Å². The van der Waals surface area contributed by atoms with Crippen LogP contribution in [-0.4, -0.2) is 101 Å². The van der Waals surface area contributed by atoms with Crippen LogP contribution in [0.25, 0.3) is 0 Å². The number of aliphatic hydroxyl groups excluding tert-OH is 1. The largest absolute Gasteiger partial charge is 0.490 e. The summed E-state index contributed by atoms with van der Waals surface area (Å²) in [6, 6.07) is 10.9. The number of allylic oxidation sites excluding steroid dienone is 1. The molecule has 4 aliphatic rings. The second kappa shape index (κ2) is 14.5. The van der Waals surface area contributed by atoms with Crippen LogP contribution in [-0.2, 0) is 31.3 Å². The number of anilines is 1. The molecule has 1 fully saturated rings. The van der Waals surface area contributed by atoms with E-state index in [-0.39, 0.29) is 31.2 Å². The Kier molecular flexibility index (Phi) is 10.7. The fraction of sp³-hybridized carbons (Fsp3) is 0.583. The predicted octanol–water partition coefficient (Wildman–Crippen LogP) is 4.62. The maximum absolute atomic E-state index is 16.6. The van der Waals surface area contributed by atoms with Crippen molar-refractivity contribution in [2.24, 2.45) is 5.92 Å². The first-order valence-electron chi connectivity index (χ1n) is 17.1. The summed E-state index contributed by atoms with van der Waals surface area (Å²) in [6.07, 6.45) is 4.92. The van der Waals surface area contributed by atoms with Crippen LogP contribution < -0.4 is 14.4 Å². The molecule has 1 amide bonds. The first-order valence-corrected chi connectivity index (χ1v) is 19.0. The quantitative estimate of drug-likeness (QED) is 0.413. The van der Waals surface area contributed by atoms with E-state index in [0.29, 0.717) is 49.3 Å². The van der Waals surface area contributed by atoms with E-state index in [4.69, 9.17) is 25.8 Å². The maximum Gasteiger partial charge on any atom is 0.264 e. The van der Waals surface area contributed by atoms with Crippen molar-refractivity contribution in [1.82, 2.24) is 9.62 Å². The number of amides is 1. The van der Waals surface area contributed by atoms with Gasteiger partial charge in [0.1, 0.15) is 17.1 Å². The van der Waals surface area contributed by atoms with E-state index in [9.17, 15) is 18.3 Å². The Morgan fingerprint density at radius 2 is 2.00 bits per heavy atom. The second-order valence-electron chi connectivity index (χ2n) is 14.1. The molecule has 13 heteroatoms. The highest BCUT2D eigenvalue weighted by Crippen LogP contribution is 2.46. The van der Waals surface area contributed by atoms with Crippen LogP contribution in [0.4, 0.5) is 10.1 Å². The molecule has 1 spiro atoms. The first-order chi connectivity index (χ1) is 23.4. The summed E-state index contributed by atoms with van der Waals surface area (Å²) < 4.78 is 63.3. The van der Waals surface area contributed by atoms with Gasteiger partial charge in [0, 0.05) is 48.8 Å². The molecule has 0 radical (unpaired) electrons. The molecule has 0 saturated carbocycles. The number of aryl methyl sites for hydroxylation is 1. The van der Waals surface area contributed by atoms with Crippen LogP contribution in [0.15, 0.2) is 48.3 Å². The van der Waals surface area contributed by atoms with Crippen molar-refractivity contribution in [2.45, 2.75) is 68.2 Å². The first kappa shape index (κ1) is 36.1. The number of methoxy groups -OCH3 is 1. The molecule has 2 N–H and O–H groups in total. The SMILES string of the molecule is COCCOC[C@@]1(CO)/C(F)=C/C[C@H](C)[C@@H](C)S(=O)(=O)NC(=O)c2ccc3c(c2)N(C[C@@H]2CCN21)C[C@@]1(CCCc2cc(Cl)ccc21)CO3. The molecular weight excluding hydrogens is 673 g/mol. The summed E-state index contributed by atoms with van der Waals surface area (Å²) in [5, 5.41) is 10.6. The fourth-order valence-corrected chi connectivity index (χ4v) is 9.33. The lowest BCUT2D eigenvalue weighted by Gasteiger charge is -2.54. The number of hydrogen-bond donors (Lipinski definition) is 2. The fourth-order valence-electron chi connectivity index (χ4n) is 7.85. The lowest BCUT2D eigenvalue weighted by Crippen LogP contribution is -2.68. The van der Waals surface area contributed by atoms with Gasteiger partial charge in [-0.3, -0.25) is 9.69 Å². The Bertz CT molecular complexity index is 1690. The van der Waals surface area contributed by atoms with E-state index < -0.39 is 50.5 Å². The highest BCUT2D eigenvalue weighted by Gasteiger charge is 2.50. The van der Waals surface area contributed by atoms with Crippen molar-refractivity contribution in [3.8, 4) is 5.75 Å². The lowest BCUT2D eigenvalue weighted by molar-refractivity contribution is -0.0904. The molecule has 5 atom stereocenters. The molecule has 1 saturated heterocycles. The number of fused-ring (bicyclic) bond motifs is 4. The lowest BCUT2D eigenvalue weighted by atomic mass is 9.70. The van der Waals surface area contributed by atoms with Gasteiger partial charge < -0.3 is 24.2 Å². The Hall–Kier alpha value is -2.74. The molecule has 2 aromatic carbocycles. The van der Waals surface area contributed by atoms with Gasteiger partial charge >= 0.3 is 0 Å². The molecule has 6 rings (SSSR count). The number of ether oxygens (including phenoxy) is 3. The molecule has 1 aliphatic carbocycles. The van der Waals surface area contributed by atoms with Crippen molar-refractivity contribution >= 4 is 33.2 Å². The number of aliphatic hydroxyl groups is 1. The number of sulfonamides is 1. The number of halogens is 2. The zero-order chi connectivity index (χ0) is 35.0. The van der Waals surface area contributed by atoms with E-state index >= 15 is 4.39 Å². The number of carbonyl (C=O) groups is 1. The topological polar surface area (TPSA) is 118 Å².